The Morgan fingerprint density at radius 2 is 1.92 bits per heavy atom. The number of furan rings is 1. The Bertz CT molecular complexity index is 897. The summed E-state index contributed by atoms with van der Waals surface area (Å²) in [4.78, 5) is 1.93. The molecule has 4 nitrogen and oxygen atoms in total. The van der Waals surface area contributed by atoms with Crippen LogP contribution in [0.3, 0.4) is 0 Å². The number of para-hydroxylation sites is 1. The second kappa shape index (κ2) is 8.25. The van der Waals surface area contributed by atoms with Gasteiger partial charge in [0.15, 0.2) is 5.11 Å². The first-order chi connectivity index (χ1) is 12.5. The van der Waals surface area contributed by atoms with E-state index in [1.807, 2.05) is 54.3 Å². The van der Waals surface area contributed by atoms with Gasteiger partial charge in [-0.3, -0.25) is 0 Å². The molecule has 134 valence electrons. The lowest BCUT2D eigenvalue weighted by Crippen LogP contribution is -2.34. The number of aromatic hydroxyl groups is 1. The zero-order valence-corrected chi connectivity index (χ0v) is 15.8. The van der Waals surface area contributed by atoms with Gasteiger partial charge in [-0.25, -0.2) is 0 Å². The van der Waals surface area contributed by atoms with E-state index in [0.29, 0.717) is 23.2 Å². The Balaban J connectivity index is 1.83. The predicted molar refractivity (Wildman–Crippen MR) is 108 cm³/mol. The van der Waals surface area contributed by atoms with Crippen LogP contribution in [0.2, 0.25) is 5.02 Å². The first kappa shape index (κ1) is 18.3. The molecule has 2 aromatic carbocycles. The third-order valence-corrected chi connectivity index (χ3v) is 4.85. The Morgan fingerprint density at radius 3 is 2.65 bits per heavy atom. The molecule has 0 aliphatic rings. The van der Waals surface area contributed by atoms with Gasteiger partial charge in [0, 0.05) is 22.8 Å². The topological polar surface area (TPSA) is 48.6 Å². The Hall–Kier alpha value is -2.50. The van der Waals surface area contributed by atoms with Crippen LogP contribution in [0.4, 0.5) is 5.69 Å². The van der Waals surface area contributed by atoms with Crippen LogP contribution in [0.1, 0.15) is 16.9 Å². The number of rotatable bonds is 5. The fourth-order valence-corrected chi connectivity index (χ4v) is 2.99. The molecule has 0 amide bonds. The molecule has 1 aromatic heterocycles. The van der Waals surface area contributed by atoms with E-state index in [1.165, 1.54) is 0 Å². The zero-order chi connectivity index (χ0) is 18.5. The number of hydrogen-bond donors (Lipinski definition) is 2. The molecule has 1 heterocycles. The summed E-state index contributed by atoms with van der Waals surface area (Å²) < 4.78 is 5.46. The number of anilines is 1. The molecule has 0 aliphatic carbocycles. The van der Waals surface area contributed by atoms with E-state index in [-0.39, 0.29) is 5.75 Å². The standard InChI is InChI=1S/C20H19ClN2O2S/c1-14-17(21)8-4-9-18(14)22-20(26)23(13-16-7-5-11-25-16)12-15-6-2-3-10-19(15)24/h2-11,24H,12-13H2,1H3,(H,22,26). The van der Waals surface area contributed by atoms with Crippen molar-refractivity contribution < 1.29 is 9.52 Å². The van der Waals surface area contributed by atoms with E-state index in [9.17, 15) is 5.11 Å². The van der Waals surface area contributed by atoms with Crippen molar-refractivity contribution in [3.63, 3.8) is 0 Å². The van der Waals surface area contributed by atoms with Crippen LogP contribution in [-0.2, 0) is 13.1 Å². The molecule has 3 aromatic rings. The molecule has 0 unspecified atom stereocenters. The van der Waals surface area contributed by atoms with Gasteiger partial charge in [0.1, 0.15) is 11.5 Å². The van der Waals surface area contributed by atoms with Gasteiger partial charge in [-0.05, 0) is 55.0 Å². The van der Waals surface area contributed by atoms with Gasteiger partial charge in [0.2, 0.25) is 0 Å². The number of hydrogen-bond acceptors (Lipinski definition) is 3. The van der Waals surface area contributed by atoms with Crippen molar-refractivity contribution in [2.45, 2.75) is 20.0 Å². The van der Waals surface area contributed by atoms with Gasteiger partial charge in [-0.15, -0.1) is 0 Å². The summed E-state index contributed by atoms with van der Waals surface area (Å²) in [5, 5.41) is 14.6. The van der Waals surface area contributed by atoms with Crippen LogP contribution in [0.15, 0.2) is 65.3 Å². The predicted octanol–water partition coefficient (Wildman–Crippen LogP) is 5.35. The van der Waals surface area contributed by atoms with E-state index < -0.39 is 0 Å². The highest BCUT2D eigenvalue weighted by Gasteiger charge is 2.16. The SMILES string of the molecule is Cc1c(Cl)cccc1NC(=S)N(Cc1ccco1)Cc1ccccc1O. The summed E-state index contributed by atoms with van der Waals surface area (Å²) in [5.74, 6) is 1.02. The lowest BCUT2D eigenvalue weighted by atomic mass is 10.2. The lowest BCUT2D eigenvalue weighted by molar-refractivity contribution is 0.353. The summed E-state index contributed by atoms with van der Waals surface area (Å²) in [6.07, 6.45) is 1.63. The van der Waals surface area contributed by atoms with E-state index in [2.05, 4.69) is 5.32 Å². The number of nitrogens with one attached hydrogen (secondary N) is 1. The molecule has 0 radical (unpaired) electrons. The van der Waals surface area contributed by atoms with Gasteiger partial charge in [0.25, 0.3) is 0 Å². The molecule has 0 saturated heterocycles. The minimum Gasteiger partial charge on any atom is -0.508 e. The Kier molecular flexibility index (Phi) is 5.81. The third-order valence-electron chi connectivity index (χ3n) is 4.08. The van der Waals surface area contributed by atoms with Gasteiger partial charge in [0.05, 0.1) is 12.8 Å². The molecular formula is C20H19ClN2O2S. The van der Waals surface area contributed by atoms with Gasteiger partial charge < -0.3 is 19.7 Å². The maximum absolute atomic E-state index is 10.1. The molecule has 0 spiro atoms. The fourth-order valence-electron chi connectivity index (χ4n) is 2.58. The van der Waals surface area contributed by atoms with Crippen LogP contribution < -0.4 is 5.32 Å². The number of benzene rings is 2. The lowest BCUT2D eigenvalue weighted by Gasteiger charge is -2.26. The summed E-state index contributed by atoms with van der Waals surface area (Å²) in [7, 11) is 0. The van der Waals surface area contributed by atoms with Crippen molar-refractivity contribution >= 4 is 34.6 Å². The van der Waals surface area contributed by atoms with E-state index in [4.69, 9.17) is 28.2 Å². The van der Waals surface area contributed by atoms with Crippen molar-refractivity contribution in [1.29, 1.82) is 0 Å². The summed E-state index contributed by atoms with van der Waals surface area (Å²) >= 11 is 11.8. The Labute approximate surface area is 163 Å². The maximum atomic E-state index is 10.1. The van der Waals surface area contributed by atoms with E-state index in [1.54, 1.807) is 18.4 Å². The first-order valence-electron chi connectivity index (χ1n) is 8.15. The maximum Gasteiger partial charge on any atom is 0.174 e. The monoisotopic (exact) mass is 386 g/mol. The average molecular weight is 387 g/mol. The molecular weight excluding hydrogens is 368 g/mol. The largest absolute Gasteiger partial charge is 0.508 e. The quantitative estimate of drug-likeness (QED) is 0.579. The van der Waals surface area contributed by atoms with Gasteiger partial charge in [-0.1, -0.05) is 35.9 Å². The van der Waals surface area contributed by atoms with E-state index in [0.717, 1.165) is 22.6 Å². The second-order valence-corrected chi connectivity index (χ2v) is 6.70. The molecule has 0 aliphatic heterocycles. The van der Waals surface area contributed by atoms with E-state index >= 15 is 0 Å². The molecule has 3 rings (SSSR count). The van der Waals surface area contributed by atoms with Crippen molar-refractivity contribution in [3.8, 4) is 5.75 Å². The van der Waals surface area contributed by atoms with Gasteiger partial charge >= 0.3 is 0 Å². The third kappa shape index (κ3) is 4.36. The highest BCUT2D eigenvalue weighted by molar-refractivity contribution is 7.80. The first-order valence-corrected chi connectivity index (χ1v) is 8.93. The summed E-state index contributed by atoms with van der Waals surface area (Å²) in [6.45, 7) is 2.86. The van der Waals surface area contributed by atoms with Gasteiger partial charge in [-0.2, -0.15) is 0 Å². The van der Waals surface area contributed by atoms with Crippen LogP contribution >= 0.6 is 23.8 Å². The van der Waals surface area contributed by atoms with Crippen molar-refractivity contribution in [3.05, 3.63) is 82.8 Å². The molecule has 0 saturated carbocycles. The molecule has 0 bridgehead atoms. The average Bonchev–Trinajstić information content (AvgIpc) is 3.13. The highest BCUT2D eigenvalue weighted by Crippen LogP contribution is 2.25. The minimum atomic E-state index is 0.235. The zero-order valence-electron chi connectivity index (χ0n) is 14.3. The van der Waals surface area contributed by atoms with Crippen LogP contribution in [0.5, 0.6) is 5.75 Å². The number of nitrogens with zero attached hydrogens (tertiary/aromatic N) is 1. The molecule has 2 N–H and O–H groups in total. The number of phenolic OH excluding ortho intramolecular Hbond substituents is 1. The summed E-state index contributed by atoms with van der Waals surface area (Å²) in [5.41, 5.74) is 2.56. The second-order valence-electron chi connectivity index (χ2n) is 5.91. The normalized spacial score (nSPS) is 10.5. The number of phenols is 1. The molecule has 26 heavy (non-hydrogen) atoms. The number of thiocarbonyl (C=S) groups is 1. The van der Waals surface area contributed by atoms with Crippen molar-refractivity contribution in [2.75, 3.05) is 5.32 Å². The molecule has 6 heteroatoms. The van der Waals surface area contributed by atoms with Crippen LogP contribution in [0.25, 0.3) is 0 Å². The number of halogens is 1. The van der Waals surface area contributed by atoms with Crippen LogP contribution in [-0.4, -0.2) is 15.1 Å². The minimum absolute atomic E-state index is 0.235. The highest BCUT2D eigenvalue weighted by atomic mass is 35.5. The molecule has 0 atom stereocenters. The fraction of sp³-hybridized carbons (Fsp3) is 0.150. The molecule has 0 fully saturated rings. The van der Waals surface area contributed by atoms with Crippen LogP contribution in [0, 0.1) is 6.92 Å². The van der Waals surface area contributed by atoms with Crippen molar-refractivity contribution in [2.24, 2.45) is 0 Å². The van der Waals surface area contributed by atoms with Crippen molar-refractivity contribution in [1.82, 2.24) is 4.90 Å². The Morgan fingerprint density at radius 1 is 1.12 bits per heavy atom. The summed E-state index contributed by atoms with van der Waals surface area (Å²) in [6, 6.07) is 16.6. The smallest absolute Gasteiger partial charge is 0.174 e.